The van der Waals surface area contributed by atoms with E-state index in [0.717, 1.165) is 37.4 Å². The molecule has 0 aliphatic rings. The van der Waals surface area contributed by atoms with Crippen LogP contribution < -0.4 is 4.74 Å². The third kappa shape index (κ3) is 4.85. The maximum atomic E-state index is 12.9. The van der Waals surface area contributed by atoms with Gasteiger partial charge < -0.3 is 9.47 Å². The second-order valence-corrected chi connectivity index (χ2v) is 4.69. The van der Waals surface area contributed by atoms with Crippen molar-refractivity contribution in [3.63, 3.8) is 0 Å². The highest BCUT2D eigenvalue weighted by atomic mass is 19.4. The van der Waals surface area contributed by atoms with Gasteiger partial charge in [0.1, 0.15) is 11.4 Å². The van der Waals surface area contributed by atoms with Crippen LogP contribution in [-0.2, 0) is 10.9 Å². The van der Waals surface area contributed by atoms with Crippen molar-refractivity contribution in [3.8, 4) is 17.0 Å². The van der Waals surface area contributed by atoms with E-state index < -0.39 is 35.5 Å². The number of carbonyl (C=O) groups is 1. The molecule has 0 aliphatic heterocycles. The van der Waals surface area contributed by atoms with Gasteiger partial charge in [0, 0.05) is 5.56 Å². The van der Waals surface area contributed by atoms with Crippen LogP contribution in [0.2, 0.25) is 0 Å². The number of esters is 1. The summed E-state index contributed by atoms with van der Waals surface area (Å²) in [6.45, 7) is 0. The lowest BCUT2D eigenvalue weighted by Crippen LogP contribution is -2.17. The van der Waals surface area contributed by atoms with Gasteiger partial charge in [-0.15, -0.1) is 13.2 Å². The van der Waals surface area contributed by atoms with E-state index >= 15 is 0 Å². The molecule has 0 saturated carbocycles. The first kappa shape index (κ1) is 18.6. The number of aromatic nitrogens is 1. The van der Waals surface area contributed by atoms with Gasteiger partial charge in [-0.2, -0.15) is 13.2 Å². The standard InChI is InChI=1S/C15H9F6NO3/c1-24-13(23)9-6-11(22-12(7-9)14(16,17)18)8-2-4-10(5-3-8)25-15(19,20)21/h2-7H,1H3. The molecule has 1 aromatic heterocycles. The van der Waals surface area contributed by atoms with Crippen molar-refractivity contribution in [2.24, 2.45) is 0 Å². The van der Waals surface area contributed by atoms with Crippen molar-refractivity contribution in [2.45, 2.75) is 12.5 Å². The molecule has 25 heavy (non-hydrogen) atoms. The van der Waals surface area contributed by atoms with Crippen molar-refractivity contribution >= 4 is 5.97 Å². The number of halogens is 6. The first-order valence-electron chi connectivity index (χ1n) is 6.53. The van der Waals surface area contributed by atoms with Gasteiger partial charge in [0.25, 0.3) is 0 Å². The number of hydrogen-bond donors (Lipinski definition) is 0. The van der Waals surface area contributed by atoms with E-state index in [1.54, 1.807) is 0 Å². The van der Waals surface area contributed by atoms with E-state index in [1.165, 1.54) is 0 Å². The predicted molar refractivity (Wildman–Crippen MR) is 72.7 cm³/mol. The summed E-state index contributed by atoms with van der Waals surface area (Å²) in [5.74, 6) is -1.55. The number of methoxy groups -OCH3 is 1. The quantitative estimate of drug-likeness (QED) is 0.596. The van der Waals surface area contributed by atoms with E-state index in [4.69, 9.17) is 0 Å². The third-order valence-electron chi connectivity index (χ3n) is 2.92. The van der Waals surface area contributed by atoms with Crippen LogP contribution in [0.25, 0.3) is 11.3 Å². The van der Waals surface area contributed by atoms with Crippen molar-refractivity contribution in [3.05, 3.63) is 47.7 Å². The summed E-state index contributed by atoms with van der Waals surface area (Å²) >= 11 is 0. The molecule has 0 aliphatic carbocycles. The smallest absolute Gasteiger partial charge is 0.465 e. The van der Waals surface area contributed by atoms with Gasteiger partial charge in [-0.1, -0.05) is 0 Å². The van der Waals surface area contributed by atoms with Crippen LogP contribution in [0.4, 0.5) is 26.3 Å². The third-order valence-corrected chi connectivity index (χ3v) is 2.92. The fraction of sp³-hybridized carbons (Fsp3) is 0.200. The first-order chi connectivity index (χ1) is 11.5. The van der Waals surface area contributed by atoms with Gasteiger partial charge in [-0.25, -0.2) is 9.78 Å². The van der Waals surface area contributed by atoms with E-state index in [9.17, 15) is 31.1 Å². The van der Waals surface area contributed by atoms with E-state index in [2.05, 4.69) is 14.5 Å². The number of ether oxygens (including phenoxy) is 2. The van der Waals surface area contributed by atoms with E-state index in [-0.39, 0.29) is 11.3 Å². The Labute approximate surface area is 137 Å². The Morgan fingerprint density at radius 2 is 1.60 bits per heavy atom. The average Bonchev–Trinajstić information content (AvgIpc) is 2.52. The molecule has 0 bridgehead atoms. The Balaban J connectivity index is 2.45. The number of rotatable bonds is 3. The Hall–Kier alpha value is -2.78. The summed E-state index contributed by atoms with van der Waals surface area (Å²) in [6, 6.07) is 5.58. The van der Waals surface area contributed by atoms with E-state index in [1.807, 2.05) is 0 Å². The van der Waals surface area contributed by atoms with Gasteiger partial charge >= 0.3 is 18.5 Å². The van der Waals surface area contributed by atoms with Gasteiger partial charge in [0.15, 0.2) is 0 Å². The molecule has 0 saturated heterocycles. The van der Waals surface area contributed by atoms with Gasteiger partial charge in [-0.05, 0) is 36.4 Å². The second kappa shape index (κ2) is 6.61. The lowest BCUT2D eigenvalue weighted by molar-refractivity contribution is -0.274. The lowest BCUT2D eigenvalue weighted by Gasteiger charge is -2.12. The highest BCUT2D eigenvalue weighted by molar-refractivity contribution is 5.90. The highest BCUT2D eigenvalue weighted by Gasteiger charge is 2.34. The van der Waals surface area contributed by atoms with Gasteiger partial charge in [0.05, 0.1) is 18.4 Å². The summed E-state index contributed by atoms with van der Waals surface area (Å²) in [7, 11) is 0.999. The Bertz CT molecular complexity index is 768. The van der Waals surface area contributed by atoms with Gasteiger partial charge in [-0.3, -0.25) is 0 Å². The molecule has 0 radical (unpaired) electrons. The van der Waals surface area contributed by atoms with Crippen molar-refractivity contribution in [1.82, 2.24) is 4.98 Å². The molecule has 1 heterocycles. The molecule has 2 aromatic rings. The molecule has 2 rings (SSSR count). The normalized spacial score (nSPS) is 12.0. The number of pyridine rings is 1. The van der Waals surface area contributed by atoms with Crippen molar-refractivity contribution in [1.29, 1.82) is 0 Å². The number of nitrogens with zero attached hydrogens (tertiary/aromatic N) is 1. The molecule has 0 unspecified atom stereocenters. The van der Waals surface area contributed by atoms with Crippen molar-refractivity contribution < 1.29 is 40.6 Å². The first-order valence-corrected chi connectivity index (χ1v) is 6.53. The number of carbonyl (C=O) groups excluding carboxylic acids is 1. The zero-order chi connectivity index (χ0) is 18.8. The Kier molecular flexibility index (Phi) is 4.91. The second-order valence-electron chi connectivity index (χ2n) is 4.69. The fourth-order valence-electron chi connectivity index (χ4n) is 1.89. The molecule has 0 atom stereocenters. The van der Waals surface area contributed by atoms with Crippen LogP contribution in [-0.4, -0.2) is 24.4 Å². The summed E-state index contributed by atoms with van der Waals surface area (Å²) in [4.78, 5) is 14.9. The average molecular weight is 365 g/mol. The summed E-state index contributed by atoms with van der Waals surface area (Å²) in [5.41, 5.74) is -1.92. The molecular weight excluding hydrogens is 356 g/mol. The fourth-order valence-corrected chi connectivity index (χ4v) is 1.89. The lowest BCUT2D eigenvalue weighted by atomic mass is 10.1. The minimum absolute atomic E-state index is 0.0609. The van der Waals surface area contributed by atoms with E-state index in [0.29, 0.717) is 6.07 Å². The summed E-state index contributed by atoms with van der Waals surface area (Å²) in [6.07, 6.45) is -9.72. The minimum atomic E-state index is -4.89. The van der Waals surface area contributed by atoms with Crippen LogP contribution >= 0.6 is 0 Å². The highest BCUT2D eigenvalue weighted by Crippen LogP contribution is 2.32. The summed E-state index contributed by atoms with van der Waals surface area (Å²) in [5, 5.41) is 0. The zero-order valence-electron chi connectivity index (χ0n) is 12.4. The Morgan fingerprint density at radius 3 is 2.08 bits per heavy atom. The molecule has 10 heteroatoms. The molecule has 0 fully saturated rings. The number of hydrogen-bond acceptors (Lipinski definition) is 4. The van der Waals surface area contributed by atoms with Crippen LogP contribution in [0.1, 0.15) is 16.1 Å². The zero-order valence-corrected chi connectivity index (χ0v) is 12.4. The van der Waals surface area contributed by atoms with Crippen LogP contribution in [0, 0.1) is 0 Å². The SMILES string of the molecule is COC(=O)c1cc(-c2ccc(OC(F)(F)F)cc2)nc(C(F)(F)F)c1. The van der Waals surface area contributed by atoms with Gasteiger partial charge in [0.2, 0.25) is 0 Å². The van der Waals surface area contributed by atoms with Crippen molar-refractivity contribution in [2.75, 3.05) is 7.11 Å². The number of benzene rings is 1. The minimum Gasteiger partial charge on any atom is -0.465 e. The predicted octanol–water partition coefficient (Wildman–Crippen LogP) is 4.45. The van der Waals surface area contributed by atoms with Crippen LogP contribution in [0.3, 0.4) is 0 Å². The molecule has 4 nitrogen and oxygen atoms in total. The monoisotopic (exact) mass is 365 g/mol. The summed E-state index contributed by atoms with van der Waals surface area (Å²) < 4.78 is 83.2. The topological polar surface area (TPSA) is 48.4 Å². The van der Waals surface area contributed by atoms with Crippen LogP contribution in [0.5, 0.6) is 5.75 Å². The molecule has 0 spiro atoms. The molecule has 134 valence electrons. The molecular formula is C15H9F6NO3. The molecule has 1 aromatic carbocycles. The molecule has 0 N–H and O–H groups in total. The number of alkyl halides is 6. The largest absolute Gasteiger partial charge is 0.573 e. The Morgan fingerprint density at radius 1 is 1.00 bits per heavy atom. The maximum absolute atomic E-state index is 12.9. The van der Waals surface area contributed by atoms with Crippen LogP contribution in [0.15, 0.2) is 36.4 Å². The molecule has 0 amide bonds. The maximum Gasteiger partial charge on any atom is 0.573 e.